The van der Waals surface area contributed by atoms with Crippen molar-refractivity contribution in [1.82, 2.24) is 19.8 Å². The summed E-state index contributed by atoms with van der Waals surface area (Å²) in [5, 5.41) is 13.1. The van der Waals surface area contributed by atoms with Crippen LogP contribution >= 0.6 is 0 Å². The molecule has 2 amide bonds. The molecule has 3 aromatic rings. The van der Waals surface area contributed by atoms with Gasteiger partial charge >= 0.3 is 0 Å². The van der Waals surface area contributed by atoms with Gasteiger partial charge < -0.3 is 19.9 Å². The molecule has 2 aromatic heterocycles. The molecule has 5 rings (SSSR count). The lowest BCUT2D eigenvalue weighted by Gasteiger charge is -2.38. The number of amides is 2. The highest BCUT2D eigenvalue weighted by molar-refractivity contribution is 5.94. The Balaban J connectivity index is 1.66. The summed E-state index contributed by atoms with van der Waals surface area (Å²) in [4.78, 5) is 46.1. The molecule has 180 valence electrons. The van der Waals surface area contributed by atoms with Crippen molar-refractivity contribution in [3.05, 3.63) is 88.4 Å². The fourth-order valence-corrected chi connectivity index (χ4v) is 5.45. The second-order valence-electron chi connectivity index (χ2n) is 8.80. The first-order chi connectivity index (χ1) is 17.0. The Labute approximate surface area is 201 Å². The zero-order valence-corrected chi connectivity index (χ0v) is 19.1. The number of fused-ring (bicyclic) bond motifs is 4. The van der Waals surface area contributed by atoms with E-state index in [0.29, 0.717) is 23.4 Å². The lowest BCUT2D eigenvalue weighted by molar-refractivity contribution is -0.127. The van der Waals surface area contributed by atoms with Gasteiger partial charge in [-0.2, -0.15) is 0 Å². The third-order valence-corrected chi connectivity index (χ3v) is 6.97. The Morgan fingerprint density at radius 2 is 1.91 bits per heavy atom. The summed E-state index contributed by atoms with van der Waals surface area (Å²) in [7, 11) is 0. The SMILES string of the molecule is CCNC(=O)[C@@H]1[C@@H](CO)[C@@H]2Cn3c(ccc(-c4ccc(F)cc4)c3=O)[C@H]1N2C(=O)c1ccccn1. The number of aliphatic hydroxyl groups is 1. The number of rotatable bonds is 5. The van der Waals surface area contributed by atoms with Crippen LogP contribution in [0.15, 0.2) is 65.6 Å². The maximum atomic E-state index is 13.6. The van der Waals surface area contributed by atoms with Crippen molar-refractivity contribution in [2.45, 2.75) is 25.6 Å². The second kappa shape index (κ2) is 9.07. The molecule has 1 aromatic carbocycles. The highest BCUT2D eigenvalue weighted by Gasteiger charge is 2.57. The molecule has 8 nitrogen and oxygen atoms in total. The number of hydrogen-bond donors (Lipinski definition) is 2. The van der Waals surface area contributed by atoms with Gasteiger partial charge in [-0.05, 0) is 48.9 Å². The molecule has 0 spiro atoms. The number of nitrogens with zero attached hydrogens (tertiary/aromatic N) is 3. The Bertz CT molecular complexity index is 1330. The molecule has 2 aliphatic rings. The zero-order chi connectivity index (χ0) is 24.7. The Hall–Kier alpha value is -3.85. The van der Waals surface area contributed by atoms with E-state index in [1.165, 1.54) is 18.3 Å². The molecule has 9 heteroatoms. The summed E-state index contributed by atoms with van der Waals surface area (Å²) < 4.78 is 15.0. The molecule has 4 heterocycles. The van der Waals surface area contributed by atoms with Crippen molar-refractivity contribution in [2.24, 2.45) is 11.8 Å². The van der Waals surface area contributed by atoms with E-state index in [0.717, 1.165) is 0 Å². The van der Waals surface area contributed by atoms with Gasteiger partial charge in [0.25, 0.3) is 11.5 Å². The van der Waals surface area contributed by atoms with Gasteiger partial charge in [-0.3, -0.25) is 19.4 Å². The van der Waals surface area contributed by atoms with Crippen molar-refractivity contribution in [3.8, 4) is 11.1 Å². The van der Waals surface area contributed by atoms with E-state index in [1.807, 2.05) is 0 Å². The Kier molecular flexibility index (Phi) is 5.94. The van der Waals surface area contributed by atoms with E-state index in [1.54, 1.807) is 58.9 Å². The minimum Gasteiger partial charge on any atom is -0.396 e. The standard InChI is InChI=1S/C26H25FN4O4/c1-2-28-24(33)22-18(14-32)21-13-30-20(23(22)31(21)26(35)19-5-3-4-12-29-19)11-10-17(25(30)34)15-6-8-16(27)9-7-15/h3-12,18,21-23,32H,2,13-14H2,1H3,(H,28,33)/t18-,21-,22+,23+/m0/s1. The van der Waals surface area contributed by atoms with Crippen LogP contribution in [0.25, 0.3) is 11.1 Å². The van der Waals surface area contributed by atoms with Gasteiger partial charge in [0.05, 0.1) is 18.0 Å². The third kappa shape index (κ3) is 3.72. The molecular weight excluding hydrogens is 451 g/mol. The molecule has 35 heavy (non-hydrogen) atoms. The molecule has 0 saturated carbocycles. The molecule has 4 atom stereocenters. The van der Waals surface area contributed by atoms with Crippen LogP contribution in [0.3, 0.4) is 0 Å². The molecular formula is C26H25FN4O4. The van der Waals surface area contributed by atoms with E-state index < -0.39 is 29.7 Å². The summed E-state index contributed by atoms with van der Waals surface area (Å²) in [5.74, 6) is -2.33. The number of halogens is 1. The minimum atomic E-state index is -0.748. The summed E-state index contributed by atoms with van der Waals surface area (Å²) in [5.41, 5.74) is 1.43. The topological polar surface area (TPSA) is 105 Å². The lowest BCUT2D eigenvalue weighted by Crippen LogP contribution is -2.49. The summed E-state index contributed by atoms with van der Waals surface area (Å²) in [6, 6.07) is 12.8. The quantitative estimate of drug-likeness (QED) is 0.586. The first kappa shape index (κ1) is 22.9. The second-order valence-corrected chi connectivity index (χ2v) is 8.80. The van der Waals surface area contributed by atoms with Gasteiger partial charge in [-0.1, -0.05) is 18.2 Å². The molecule has 0 unspecified atom stereocenters. The normalized spacial score (nSPS) is 22.5. The highest BCUT2D eigenvalue weighted by atomic mass is 19.1. The largest absolute Gasteiger partial charge is 0.396 e. The Morgan fingerprint density at radius 1 is 1.14 bits per heavy atom. The average molecular weight is 477 g/mol. The number of hydrogen-bond acceptors (Lipinski definition) is 5. The van der Waals surface area contributed by atoms with Crippen LogP contribution in [0.1, 0.15) is 29.1 Å². The van der Waals surface area contributed by atoms with E-state index in [9.17, 15) is 23.9 Å². The van der Waals surface area contributed by atoms with Crippen LogP contribution in [-0.4, -0.2) is 50.6 Å². The monoisotopic (exact) mass is 476 g/mol. The van der Waals surface area contributed by atoms with E-state index >= 15 is 0 Å². The van der Waals surface area contributed by atoms with Gasteiger partial charge in [0.2, 0.25) is 5.91 Å². The van der Waals surface area contributed by atoms with E-state index in [4.69, 9.17) is 0 Å². The first-order valence-electron chi connectivity index (χ1n) is 11.6. The molecule has 2 N–H and O–H groups in total. The van der Waals surface area contributed by atoms with Crippen molar-refractivity contribution in [2.75, 3.05) is 13.2 Å². The Morgan fingerprint density at radius 3 is 2.57 bits per heavy atom. The summed E-state index contributed by atoms with van der Waals surface area (Å²) >= 11 is 0. The highest BCUT2D eigenvalue weighted by Crippen LogP contribution is 2.49. The maximum Gasteiger partial charge on any atom is 0.273 e. The van der Waals surface area contributed by atoms with Crippen LogP contribution < -0.4 is 10.9 Å². The van der Waals surface area contributed by atoms with Crippen LogP contribution in [-0.2, 0) is 11.3 Å². The fourth-order valence-electron chi connectivity index (χ4n) is 5.45. The lowest BCUT2D eigenvalue weighted by atomic mass is 9.86. The molecule has 1 saturated heterocycles. The predicted molar refractivity (Wildman–Crippen MR) is 126 cm³/mol. The number of carbonyl (C=O) groups excluding carboxylic acids is 2. The molecule has 2 bridgehead atoms. The van der Waals surface area contributed by atoms with E-state index in [2.05, 4.69) is 10.3 Å². The van der Waals surface area contributed by atoms with Gasteiger partial charge in [0.1, 0.15) is 11.5 Å². The summed E-state index contributed by atoms with van der Waals surface area (Å²) in [6.07, 6.45) is 1.53. The average Bonchev–Trinajstić information content (AvgIpc) is 3.12. The van der Waals surface area contributed by atoms with Gasteiger partial charge in [-0.15, -0.1) is 0 Å². The van der Waals surface area contributed by atoms with Crippen LogP contribution in [0.2, 0.25) is 0 Å². The predicted octanol–water partition coefficient (Wildman–Crippen LogP) is 1.99. The van der Waals surface area contributed by atoms with Crippen molar-refractivity contribution < 1.29 is 19.1 Å². The van der Waals surface area contributed by atoms with Crippen LogP contribution in [0, 0.1) is 17.7 Å². The van der Waals surface area contributed by atoms with Crippen LogP contribution in [0.5, 0.6) is 0 Å². The first-order valence-corrected chi connectivity index (χ1v) is 11.6. The van der Waals surface area contributed by atoms with Gasteiger partial charge in [0, 0.05) is 43.1 Å². The number of pyridine rings is 2. The smallest absolute Gasteiger partial charge is 0.273 e. The number of aromatic nitrogens is 2. The fraction of sp³-hybridized carbons (Fsp3) is 0.308. The zero-order valence-electron chi connectivity index (χ0n) is 19.1. The van der Waals surface area contributed by atoms with Crippen LogP contribution in [0.4, 0.5) is 4.39 Å². The van der Waals surface area contributed by atoms with Crippen molar-refractivity contribution >= 4 is 11.8 Å². The molecule has 0 radical (unpaired) electrons. The molecule has 0 aliphatic carbocycles. The number of benzene rings is 1. The van der Waals surface area contributed by atoms with Crippen molar-refractivity contribution in [1.29, 1.82) is 0 Å². The van der Waals surface area contributed by atoms with Gasteiger partial charge in [0.15, 0.2) is 0 Å². The van der Waals surface area contributed by atoms with Crippen molar-refractivity contribution in [3.63, 3.8) is 0 Å². The number of aliphatic hydroxyl groups excluding tert-OH is 1. The number of nitrogens with one attached hydrogen (secondary N) is 1. The molecule has 1 fully saturated rings. The number of carbonyl (C=O) groups is 2. The molecule has 2 aliphatic heterocycles. The third-order valence-electron chi connectivity index (χ3n) is 6.97. The van der Waals surface area contributed by atoms with Gasteiger partial charge in [-0.25, -0.2) is 4.39 Å². The maximum absolute atomic E-state index is 13.6. The van der Waals surface area contributed by atoms with E-state index in [-0.39, 0.29) is 36.2 Å². The minimum absolute atomic E-state index is 0.124. The summed E-state index contributed by atoms with van der Waals surface area (Å²) in [6.45, 7) is 2.01.